The molecule has 2 aliphatic rings. The van der Waals surface area contributed by atoms with Crippen molar-refractivity contribution in [3.05, 3.63) is 29.8 Å². The Morgan fingerprint density at radius 3 is 2.30 bits per heavy atom. The number of likely N-dealkylation sites (tertiary alicyclic amines) is 1. The summed E-state index contributed by atoms with van der Waals surface area (Å²) in [5.41, 5.74) is 1.80. The lowest BCUT2D eigenvalue weighted by molar-refractivity contribution is 0.0401. The van der Waals surface area contributed by atoms with Gasteiger partial charge in [-0.25, -0.2) is 0 Å². The molecule has 1 aromatic rings. The lowest BCUT2D eigenvalue weighted by Crippen LogP contribution is -2.42. The molecule has 0 aromatic heterocycles. The molecule has 2 fully saturated rings. The minimum Gasteiger partial charge on any atom is -0.493 e. The van der Waals surface area contributed by atoms with E-state index in [9.17, 15) is 0 Å². The predicted octanol–water partition coefficient (Wildman–Crippen LogP) is 3.80. The number of hydrogen-bond donors (Lipinski definition) is 0. The first kappa shape index (κ1) is 20.6. The molecule has 0 saturated carbocycles. The van der Waals surface area contributed by atoms with E-state index >= 15 is 0 Å². The highest BCUT2D eigenvalue weighted by Crippen LogP contribution is 2.36. The molecule has 0 atom stereocenters. The van der Waals surface area contributed by atoms with Crippen molar-refractivity contribution < 1.29 is 9.47 Å². The van der Waals surface area contributed by atoms with Gasteiger partial charge in [0.05, 0.1) is 6.61 Å². The minimum atomic E-state index is 0.176. The Labute approximate surface area is 165 Å². The third-order valence-electron chi connectivity index (χ3n) is 6.02. The maximum atomic E-state index is 6.18. The fourth-order valence-electron chi connectivity index (χ4n) is 4.68. The van der Waals surface area contributed by atoms with E-state index in [1.54, 1.807) is 0 Å². The van der Waals surface area contributed by atoms with Crippen molar-refractivity contribution in [1.29, 1.82) is 0 Å². The average molecular weight is 375 g/mol. The average Bonchev–Trinajstić information content (AvgIpc) is 3.13. The van der Waals surface area contributed by atoms with Crippen LogP contribution in [0.3, 0.4) is 0 Å². The van der Waals surface area contributed by atoms with Crippen LogP contribution in [0.2, 0.25) is 0 Å². The van der Waals surface area contributed by atoms with Crippen molar-refractivity contribution in [2.75, 3.05) is 60.1 Å². The predicted molar refractivity (Wildman–Crippen MR) is 112 cm³/mol. The molecule has 4 heteroatoms. The van der Waals surface area contributed by atoms with E-state index in [1.807, 2.05) is 0 Å². The Morgan fingerprint density at radius 2 is 1.70 bits per heavy atom. The van der Waals surface area contributed by atoms with Crippen LogP contribution in [0.25, 0.3) is 0 Å². The maximum absolute atomic E-state index is 6.18. The van der Waals surface area contributed by atoms with E-state index < -0.39 is 0 Å². The summed E-state index contributed by atoms with van der Waals surface area (Å²) in [5.74, 6) is 0.986. The number of nitrogens with zero attached hydrogens (tertiary/aromatic N) is 2. The molecule has 0 bridgehead atoms. The fraction of sp³-hybridized carbons (Fsp3) is 0.739. The second-order valence-electron chi connectivity index (χ2n) is 9.59. The van der Waals surface area contributed by atoms with Crippen molar-refractivity contribution in [2.45, 2.75) is 44.9 Å². The molecular formula is C23H38N2O2. The zero-order valence-electron chi connectivity index (χ0n) is 17.8. The zero-order valence-corrected chi connectivity index (χ0v) is 17.8. The molecule has 2 heterocycles. The molecule has 3 rings (SSSR count). The van der Waals surface area contributed by atoms with Crippen LogP contribution in [0.5, 0.6) is 5.75 Å². The highest BCUT2D eigenvalue weighted by Gasteiger charge is 2.35. The summed E-state index contributed by atoms with van der Waals surface area (Å²) < 4.78 is 11.8. The lowest BCUT2D eigenvalue weighted by atomic mass is 9.74. The summed E-state index contributed by atoms with van der Waals surface area (Å²) in [7, 11) is 4.33. The molecule has 0 radical (unpaired) electrons. The van der Waals surface area contributed by atoms with E-state index in [-0.39, 0.29) is 10.8 Å². The first-order valence-corrected chi connectivity index (χ1v) is 10.6. The van der Waals surface area contributed by atoms with Gasteiger partial charge in [0.1, 0.15) is 5.75 Å². The van der Waals surface area contributed by atoms with Gasteiger partial charge in [-0.3, -0.25) is 0 Å². The Balaban J connectivity index is 1.60. The van der Waals surface area contributed by atoms with Gasteiger partial charge in [0.25, 0.3) is 0 Å². The normalized spacial score (nSPS) is 20.9. The van der Waals surface area contributed by atoms with Crippen LogP contribution in [0.1, 0.15) is 45.1 Å². The van der Waals surface area contributed by atoms with E-state index in [0.717, 1.165) is 51.5 Å². The Kier molecular flexibility index (Phi) is 6.83. The summed E-state index contributed by atoms with van der Waals surface area (Å²) in [6.45, 7) is 11.8. The molecule has 27 heavy (non-hydrogen) atoms. The van der Waals surface area contributed by atoms with Crippen LogP contribution in [-0.2, 0) is 10.2 Å². The molecule has 0 amide bonds. The minimum absolute atomic E-state index is 0.176. The summed E-state index contributed by atoms with van der Waals surface area (Å²) in [6, 6.07) is 8.87. The molecular weight excluding hydrogens is 336 g/mol. The van der Waals surface area contributed by atoms with Crippen molar-refractivity contribution in [2.24, 2.45) is 5.41 Å². The highest BCUT2D eigenvalue weighted by atomic mass is 16.5. The number of hydrogen-bond acceptors (Lipinski definition) is 4. The molecule has 2 saturated heterocycles. The highest BCUT2D eigenvalue weighted by molar-refractivity contribution is 5.33. The quantitative estimate of drug-likeness (QED) is 0.691. The summed E-state index contributed by atoms with van der Waals surface area (Å²) in [6.07, 6.45) is 4.87. The van der Waals surface area contributed by atoms with E-state index in [1.165, 1.54) is 31.5 Å². The largest absolute Gasteiger partial charge is 0.493 e. The van der Waals surface area contributed by atoms with Gasteiger partial charge in [-0.05, 0) is 70.6 Å². The molecule has 152 valence electrons. The maximum Gasteiger partial charge on any atom is 0.119 e. The summed E-state index contributed by atoms with van der Waals surface area (Å²) in [4.78, 5) is 4.87. The van der Waals surface area contributed by atoms with Crippen LogP contribution >= 0.6 is 0 Å². The Morgan fingerprint density at radius 1 is 1.07 bits per heavy atom. The van der Waals surface area contributed by atoms with Gasteiger partial charge in [0.15, 0.2) is 0 Å². The van der Waals surface area contributed by atoms with Crippen molar-refractivity contribution in [3.8, 4) is 5.75 Å². The Hall–Kier alpha value is -1.10. The summed E-state index contributed by atoms with van der Waals surface area (Å²) in [5, 5.41) is 0. The molecule has 0 aliphatic carbocycles. The van der Waals surface area contributed by atoms with Crippen LogP contribution < -0.4 is 4.74 Å². The smallest absolute Gasteiger partial charge is 0.119 e. The second-order valence-corrected chi connectivity index (χ2v) is 9.59. The molecule has 0 unspecified atom stereocenters. The van der Waals surface area contributed by atoms with E-state index in [4.69, 9.17) is 9.47 Å². The van der Waals surface area contributed by atoms with E-state index in [2.05, 4.69) is 62.0 Å². The van der Waals surface area contributed by atoms with Crippen molar-refractivity contribution in [1.82, 2.24) is 9.80 Å². The molecule has 1 aromatic carbocycles. The van der Waals surface area contributed by atoms with Crippen LogP contribution in [0.15, 0.2) is 24.3 Å². The fourth-order valence-corrected chi connectivity index (χ4v) is 4.68. The van der Waals surface area contributed by atoms with Crippen LogP contribution in [-0.4, -0.2) is 69.9 Å². The number of benzene rings is 1. The third-order valence-corrected chi connectivity index (χ3v) is 6.02. The van der Waals surface area contributed by atoms with Gasteiger partial charge in [-0.1, -0.05) is 26.0 Å². The number of ether oxygens (including phenoxy) is 2. The van der Waals surface area contributed by atoms with Gasteiger partial charge in [-0.2, -0.15) is 0 Å². The second kappa shape index (κ2) is 8.93. The van der Waals surface area contributed by atoms with E-state index in [0.29, 0.717) is 0 Å². The van der Waals surface area contributed by atoms with Gasteiger partial charge in [-0.15, -0.1) is 0 Å². The topological polar surface area (TPSA) is 24.9 Å². The first-order valence-electron chi connectivity index (χ1n) is 10.6. The zero-order chi connectivity index (χ0) is 19.3. The summed E-state index contributed by atoms with van der Waals surface area (Å²) >= 11 is 0. The molecule has 0 spiro atoms. The lowest BCUT2D eigenvalue weighted by Gasteiger charge is -2.40. The van der Waals surface area contributed by atoms with Gasteiger partial charge >= 0.3 is 0 Å². The standard InChI is InChI=1S/C23H38N2O2/c1-22(2,17-25-13-5-6-14-25)19-27-21-9-7-20(8-10-21)23(18-24(3)4)11-15-26-16-12-23/h7-10H,5-6,11-19H2,1-4H3. The van der Waals surface area contributed by atoms with Crippen LogP contribution in [0.4, 0.5) is 0 Å². The SMILES string of the molecule is CN(C)CC1(c2ccc(OCC(C)(C)CN3CCCC3)cc2)CCOCC1. The first-order chi connectivity index (χ1) is 12.9. The van der Waals surface area contributed by atoms with Gasteiger partial charge < -0.3 is 19.3 Å². The van der Waals surface area contributed by atoms with Gasteiger partial charge in [0, 0.05) is 37.1 Å². The molecule has 2 aliphatic heterocycles. The third kappa shape index (κ3) is 5.69. The molecule has 0 N–H and O–H groups in total. The number of likely N-dealkylation sites (N-methyl/N-ethyl adjacent to an activating group) is 1. The van der Waals surface area contributed by atoms with Gasteiger partial charge in [0.2, 0.25) is 0 Å². The molecule has 4 nitrogen and oxygen atoms in total. The van der Waals surface area contributed by atoms with Crippen molar-refractivity contribution >= 4 is 0 Å². The monoisotopic (exact) mass is 374 g/mol. The Bertz CT molecular complexity index is 571. The number of rotatable bonds is 8. The van der Waals surface area contributed by atoms with Crippen molar-refractivity contribution in [3.63, 3.8) is 0 Å². The van der Waals surface area contributed by atoms with Crippen LogP contribution in [0, 0.1) is 5.41 Å².